The summed E-state index contributed by atoms with van der Waals surface area (Å²) in [5.41, 5.74) is 8.15. The number of nitrogens with zero attached hydrogens (tertiary/aromatic N) is 6. The number of anilines is 2. The van der Waals surface area contributed by atoms with Crippen LogP contribution in [-0.4, -0.2) is 96.6 Å². The summed E-state index contributed by atoms with van der Waals surface area (Å²) in [7, 11) is 3.37. The molecule has 0 aliphatic carbocycles. The number of ether oxygens (including phenoxy) is 2. The molecule has 74 heavy (non-hydrogen) atoms. The lowest BCUT2D eigenvalue weighted by Crippen LogP contribution is -2.62. The summed E-state index contributed by atoms with van der Waals surface area (Å²) < 4.78 is 11.6. The molecule has 0 amide bonds. The number of piperidine rings is 2. The van der Waals surface area contributed by atoms with Crippen molar-refractivity contribution >= 4 is 23.3 Å². The molecule has 2 N–H and O–H groups in total. The maximum absolute atomic E-state index is 14.2. The monoisotopic (exact) mass is 997 g/mol. The quantitative estimate of drug-likeness (QED) is 0.0802. The van der Waals surface area contributed by atoms with Crippen LogP contribution in [0.1, 0.15) is 59.1 Å². The standard InChI is InChI=1S/C60H68N8O6/c1-71-55-27-15-11-23-49(55)43-65-41-47-21-9-13-25-53(47)67(59(65)61-51-31-35-63(36-32-51)39-45-17-5-3-6-18-45)73-57(69)29-30-58(70)74-68-54-26-14-10-22-48(54)42-66(44-50-24-12-16-28-56(50)72-2)60(68)62-52-33-37-64(38-34-52)40-46-19-7-4-8-20-46/h3-30,51-52,59-62H,31-44H2,1-2H3/b30-29+. The van der Waals surface area contributed by atoms with Gasteiger partial charge < -0.3 is 19.1 Å². The molecule has 2 unspecified atom stereocenters. The summed E-state index contributed by atoms with van der Waals surface area (Å²) >= 11 is 0. The van der Waals surface area contributed by atoms with Gasteiger partial charge in [0.1, 0.15) is 11.5 Å². The third kappa shape index (κ3) is 12.5. The molecule has 14 nitrogen and oxygen atoms in total. The number of carbonyl (C=O) groups excluding carboxylic acids is 2. The zero-order chi connectivity index (χ0) is 50.6. The summed E-state index contributed by atoms with van der Waals surface area (Å²) in [6.07, 6.45) is 4.91. The second-order valence-electron chi connectivity index (χ2n) is 19.6. The van der Waals surface area contributed by atoms with Crippen molar-refractivity contribution < 1.29 is 28.7 Å². The molecule has 4 aliphatic heterocycles. The number of para-hydroxylation sites is 4. The van der Waals surface area contributed by atoms with Crippen LogP contribution in [0.2, 0.25) is 0 Å². The Hall–Kier alpha value is -7.04. The number of benzene rings is 6. The molecule has 0 bridgehead atoms. The molecule has 2 saturated heterocycles. The van der Waals surface area contributed by atoms with Crippen molar-refractivity contribution in [3.8, 4) is 11.5 Å². The van der Waals surface area contributed by atoms with Gasteiger partial charge in [0, 0.05) is 74.6 Å². The maximum Gasteiger partial charge on any atom is 0.356 e. The average Bonchev–Trinajstić information content (AvgIpc) is 3.44. The smallest absolute Gasteiger partial charge is 0.356 e. The van der Waals surface area contributed by atoms with Gasteiger partial charge in [0.05, 0.1) is 25.6 Å². The highest BCUT2D eigenvalue weighted by Gasteiger charge is 2.39. The largest absolute Gasteiger partial charge is 0.496 e. The molecular formula is C60H68N8O6. The number of likely N-dealkylation sites (tertiary alicyclic amines) is 2. The van der Waals surface area contributed by atoms with Gasteiger partial charge in [-0.25, -0.2) is 9.59 Å². The third-order valence-electron chi connectivity index (χ3n) is 14.6. The van der Waals surface area contributed by atoms with E-state index in [2.05, 4.69) is 115 Å². The summed E-state index contributed by atoms with van der Waals surface area (Å²) in [5.74, 6) is 0.138. The highest BCUT2D eigenvalue weighted by atomic mass is 16.7. The molecule has 0 spiro atoms. The van der Waals surface area contributed by atoms with E-state index in [0.717, 1.165) is 122 Å². The van der Waals surface area contributed by atoms with Gasteiger partial charge in [-0.05, 0) is 98.4 Å². The van der Waals surface area contributed by atoms with Crippen molar-refractivity contribution in [1.29, 1.82) is 0 Å². The highest BCUT2D eigenvalue weighted by Crippen LogP contribution is 2.36. The van der Waals surface area contributed by atoms with E-state index < -0.39 is 24.5 Å². The number of hydroxylamine groups is 2. The second kappa shape index (κ2) is 24.3. The number of fused-ring (bicyclic) bond motifs is 2. The normalized spacial score (nSPS) is 19.2. The molecule has 4 aliphatic rings. The number of nitrogens with one attached hydrogen (secondary N) is 2. The van der Waals surface area contributed by atoms with E-state index in [0.29, 0.717) is 26.2 Å². The summed E-state index contributed by atoms with van der Waals surface area (Å²) in [6, 6.07) is 53.5. The minimum Gasteiger partial charge on any atom is -0.496 e. The molecule has 6 aromatic rings. The number of methoxy groups -OCH3 is 2. The Morgan fingerprint density at radius 3 is 1.24 bits per heavy atom. The lowest BCUT2D eigenvalue weighted by Gasteiger charge is -2.46. The predicted molar refractivity (Wildman–Crippen MR) is 287 cm³/mol. The van der Waals surface area contributed by atoms with Gasteiger partial charge in [-0.2, -0.15) is 10.1 Å². The Bertz CT molecular complexity index is 2630. The molecule has 10 rings (SSSR count). The Morgan fingerprint density at radius 1 is 0.473 bits per heavy atom. The van der Waals surface area contributed by atoms with E-state index in [1.54, 1.807) is 24.3 Å². The van der Waals surface area contributed by atoms with Crippen LogP contribution in [0.4, 0.5) is 11.4 Å². The molecule has 0 saturated carbocycles. The van der Waals surface area contributed by atoms with Crippen LogP contribution in [0, 0.1) is 0 Å². The number of rotatable bonds is 18. The van der Waals surface area contributed by atoms with Crippen LogP contribution >= 0.6 is 0 Å². The zero-order valence-electron chi connectivity index (χ0n) is 42.5. The van der Waals surface area contributed by atoms with Crippen molar-refractivity contribution in [2.75, 3.05) is 50.5 Å². The molecule has 4 heterocycles. The minimum atomic E-state index is -0.714. The Morgan fingerprint density at radius 2 is 0.838 bits per heavy atom. The van der Waals surface area contributed by atoms with Crippen LogP contribution in [-0.2, 0) is 58.5 Å². The fourth-order valence-electron chi connectivity index (χ4n) is 10.8. The molecule has 2 fully saturated rings. The van der Waals surface area contributed by atoms with Gasteiger partial charge in [-0.1, -0.05) is 133 Å². The first-order valence-corrected chi connectivity index (χ1v) is 26.0. The SMILES string of the molecule is COc1ccccc1CN1Cc2ccccc2N(OC(=O)/C=C/C(=O)ON2c3ccccc3CN(Cc3ccccc3OC)C2NC2CCN(Cc3ccccc3)CC2)C1NC1CCN(Cc2ccccc2)CC1. The zero-order valence-corrected chi connectivity index (χ0v) is 42.5. The molecule has 6 aromatic carbocycles. The van der Waals surface area contributed by atoms with Crippen molar-refractivity contribution in [1.82, 2.24) is 30.2 Å². The van der Waals surface area contributed by atoms with Gasteiger partial charge in [-0.15, -0.1) is 0 Å². The van der Waals surface area contributed by atoms with Gasteiger partial charge in [0.25, 0.3) is 0 Å². The first-order chi connectivity index (χ1) is 36.4. The van der Waals surface area contributed by atoms with Crippen LogP contribution in [0.25, 0.3) is 0 Å². The van der Waals surface area contributed by atoms with Crippen molar-refractivity contribution in [3.63, 3.8) is 0 Å². The van der Waals surface area contributed by atoms with Crippen molar-refractivity contribution in [2.24, 2.45) is 0 Å². The lowest BCUT2D eigenvalue weighted by atomic mass is 10.0. The first kappa shape index (κ1) is 50.5. The Labute approximate surface area is 435 Å². The van der Waals surface area contributed by atoms with Crippen molar-refractivity contribution in [2.45, 2.75) is 89.6 Å². The van der Waals surface area contributed by atoms with Gasteiger partial charge in [0.2, 0.25) is 0 Å². The van der Waals surface area contributed by atoms with Gasteiger partial charge in [-0.3, -0.25) is 30.2 Å². The van der Waals surface area contributed by atoms with E-state index in [1.165, 1.54) is 11.1 Å². The van der Waals surface area contributed by atoms with Crippen LogP contribution in [0.5, 0.6) is 11.5 Å². The summed E-state index contributed by atoms with van der Waals surface area (Å²) in [4.78, 5) is 50.7. The second-order valence-corrected chi connectivity index (χ2v) is 19.6. The molecule has 14 heteroatoms. The van der Waals surface area contributed by atoms with E-state index in [1.807, 2.05) is 72.8 Å². The van der Waals surface area contributed by atoms with Crippen LogP contribution in [0.3, 0.4) is 0 Å². The third-order valence-corrected chi connectivity index (χ3v) is 14.6. The van der Waals surface area contributed by atoms with Gasteiger partial charge >= 0.3 is 11.9 Å². The predicted octanol–water partition coefficient (Wildman–Crippen LogP) is 8.60. The maximum atomic E-state index is 14.2. The van der Waals surface area contributed by atoms with E-state index >= 15 is 0 Å². The topological polar surface area (TPSA) is 115 Å². The van der Waals surface area contributed by atoms with Crippen LogP contribution < -0.4 is 30.2 Å². The van der Waals surface area contributed by atoms with Crippen molar-refractivity contribution in [3.05, 3.63) is 203 Å². The summed E-state index contributed by atoms with van der Waals surface area (Å²) in [6.45, 7) is 7.76. The van der Waals surface area contributed by atoms with Crippen LogP contribution in [0.15, 0.2) is 170 Å². The molecule has 0 radical (unpaired) electrons. The number of carbonyl (C=O) groups is 2. The number of hydrogen-bond donors (Lipinski definition) is 2. The number of hydrogen-bond acceptors (Lipinski definition) is 14. The van der Waals surface area contributed by atoms with Gasteiger partial charge in [0.15, 0.2) is 12.6 Å². The Balaban J connectivity index is 0.877. The summed E-state index contributed by atoms with van der Waals surface area (Å²) in [5, 5.41) is 11.2. The first-order valence-electron chi connectivity index (χ1n) is 26.0. The lowest BCUT2D eigenvalue weighted by molar-refractivity contribution is -0.146. The molecule has 384 valence electrons. The molecule has 2 atom stereocenters. The van der Waals surface area contributed by atoms with E-state index in [9.17, 15) is 9.59 Å². The fraction of sp³-hybridized carbons (Fsp3) is 0.333. The van der Waals surface area contributed by atoms with E-state index in [4.69, 9.17) is 19.1 Å². The highest BCUT2D eigenvalue weighted by molar-refractivity contribution is 5.92. The average molecular weight is 997 g/mol. The molecule has 0 aromatic heterocycles. The van der Waals surface area contributed by atoms with E-state index in [-0.39, 0.29) is 12.1 Å². The Kier molecular flexibility index (Phi) is 16.6. The molecular weight excluding hydrogens is 929 g/mol. The minimum absolute atomic E-state index is 0.141. The fourth-order valence-corrected chi connectivity index (χ4v) is 10.8.